The highest BCUT2D eigenvalue weighted by atomic mass is 127. The molecule has 1 unspecified atom stereocenters. The van der Waals surface area contributed by atoms with Gasteiger partial charge in [0.2, 0.25) is 0 Å². The summed E-state index contributed by atoms with van der Waals surface area (Å²) in [6, 6.07) is 0.738. The largest absolute Gasteiger partial charge is 0.314 e. The molecule has 1 heterocycles. The van der Waals surface area contributed by atoms with Gasteiger partial charge < -0.3 is 5.32 Å². The van der Waals surface area contributed by atoms with E-state index in [2.05, 4.69) is 47.0 Å². The van der Waals surface area contributed by atoms with E-state index in [9.17, 15) is 0 Å². The molecular weight excluding hydrogens is 249 g/mol. The quantitative estimate of drug-likeness (QED) is 0.400. The Labute approximate surface area is 81.8 Å². The van der Waals surface area contributed by atoms with Crippen molar-refractivity contribution in [2.45, 2.75) is 23.3 Å². The highest BCUT2D eigenvalue weighted by Crippen LogP contribution is 2.35. The summed E-state index contributed by atoms with van der Waals surface area (Å²) in [7, 11) is 0. The van der Waals surface area contributed by atoms with Gasteiger partial charge in [0, 0.05) is 9.97 Å². The van der Waals surface area contributed by atoms with Crippen LogP contribution >= 0.6 is 22.6 Å². The normalized spacial score (nSPS) is 49.3. The highest BCUT2D eigenvalue weighted by molar-refractivity contribution is 14.1. The monoisotopic (exact) mass is 263 g/mol. The molecule has 11 heavy (non-hydrogen) atoms. The molecule has 1 aliphatic carbocycles. The number of allylic oxidation sites excluding steroid dienone is 2. The molecule has 4 atom stereocenters. The molecule has 2 aliphatic rings. The maximum absolute atomic E-state index is 3.55. The van der Waals surface area contributed by atoms with Crippen LogP contribution in [-0.4, -0.2) is 16.5 Å². The van der Waals surface area contributed by atoms with Gasteiger partial charge in [-0.1, -0.05) is 34.7 Å². The summed E-state index contributed by atoms with van der Waals surface area (Å²) >= 11 is 2.56. The van der Waals surface area contributed by atoms with Gasteiger partial charge in [0.15, 0.2) is 0 Å². The number of fused-ring (bicyclic) bond motifs is 1. The minimum Gasteiger partial charge on any atom is -0.314 e. The predicted molar refractivity (Wildman–Crippen MR) is 56.0 cm³/mol. The van der Waals surface area contributed by atoms with Crippen LogP contribution in [0.3, 0.4) is 0 Å². The smallest absolute Gasteiger partial charge is 0.0333 e. The van der Waals surface area contributed by atoms with Crippen LogP contribution < -0.4 is 5.32 Å². The van der Waals surface area contributed by atoms with Gasteiger partial charge in [0.1, 0.15) is 0 Å². The van der Waals surface area contributed by atoms with Crippen LogP contribution in [0.4, 0.5) is 0 Å². The van der Waals surface area contributed by atoms with Crippen molar-refractivity contribution in [3.63, 3.8) is 0 Å². The molecule has 0 spiro atoms. The van der Waals surface area contributed by atoms with Crippen molar-refractivity contribution < 1.29 is 0 Å². The van der Waals surface area contributed by atoms with Crippen LogP contribution in [0.2, 0.25) is 0 Å². The number of hydrogen-bond donors (Lipinski definition) is 1. The fourth-order valence-corrected chi connectivity index (χ4v) is 3.31. The van der Waals surface area contributed by atoms with Crippen molar-refractivity contribution in [3.05, 3.63) is 12.2 Å². The Morgan fingerprint density at radius 2 is 2.27 bits per heavy atom. The van der Waals surface area contributed by atoms with Crippen molar-refractivity contribution in [2.24, 2.45) is 11.8 Å². The third kappa shape index (κ3) is 1.35. The topological polar surface area (TPSA) is 12.0 Å². The number of halogens is 1. The van der Waals surface area contributed by atoms with Gasteiger partial charge in [0.25, 0.3) is 0 Å². The second-order valence-corrected chi connectivity index (χ2v) is 5.07. The first-order valence-corrected chi connectivity index (χ1v) is 5.57. The second kappa shape index (κ2) is 3.05. The summed E-state index contributed by atoms with van der Waals surface area (Å²) in [5, 5.41) is 3.55. The summed E-state index contributed by atoms with van der Waals surface area (Å²) in [6.45, 7) is 3.54. The number of hydrogen-bond acceptors (Lipinski definition) is 1. The molecule has 1 saturated heterocycles. The molecule has 1 nitrogen and oxygen atoms in total. The van der Waals surface area contributed by atoms with Crippen molar-refractivity contribution in [1.29, 1.82) is 0 Å². The molecule has 0 aromatic heterocycles. The first-order chi connectivity index (χ1) is 5.29. The maximum atomic E-state index is 3.55. The molecule has 0 aromatic carbocycles. The first kappa shape index (κ1) is 8.05. The summed E-state index contributed by atoms with van der Waals surface area (Å²) in [5.74, 6) is 1.80. The minimum absolute atomic E-state index is 0.738. The lowest BCUT2D eigenvalue weighted by molar-refractivity contribution is 0.379. The molecule has 0 bridgehead atoms. The van der Waals surface area contributed by atoms with E-state index in [1.807, 2.05) is 0 Å². The molecule has 1 N–H and O–H groups in total. The molecule has 1 aliphatic heterocycles. The van der Waals surface area contributed by atoms with E-state index in [0.717, 1.165) is 21.8 Å². The lowest BCUT2D eigenvalue weighted by atomic mass is 9.83. The van der Waals surface area contributed by atoms with Gasteiger partial charge >= 0.3 is 0 Å². The van der Waals surface area contributed by atoms with E-state index in [1.165, 1.54) is 13.0 Å². The molecular formula is C9H14IN. The van der Waals surface area contributed by atoms with E-state index in [1.54, 1.807) is 0 Å². The average molecular weight is 263 g/mol. The zero-order chi connectivity index (χ0) is 7.84. The van der Waals surface area contributed by atoms with Gasteiger partial charge in [-0.2, -0.15) is 0 Å². The second-order valence-electron chi connectivity index (χ2n) is 3.63. The Kier molecular flexibility index (Phi) is 2.23. The van der Waals surface area contributed by atoms with E-state index in [-0.39, 0.29) is 0 Å². The number of alkyl halides is 1. The van der Waals surface area contributed by atoms with E-state index < -0.39 is 0 Å². The third-order valence-electron chi connectivity index (χ3n) is 3.00. The van der Waals surface area contributed by atoms with Gasteiger partial charge in [0.05, 0.1) is 0 Å². The minimum atomic E-state index is 0.738. The Bertz CT molecular complexity index is 178. The maximum Gasteiger partial charge on any atom is 0.0333 e. The van der Waals surface area contributed by atoms with Crippen LogP contribution in [0.15, 0.2) is 12.2 Å². The van der Waals surface area contributed by atoms with Crippen LogP contribution in [0.5, 0.6) is 0 Å². The first-order valence-electron chi connectivity index (χ1n) is 4.33. The van der Waals surface area contributed by atoms with E-state index >= 15 is 0 Å². The number of nitrogens with one attached hydrogen (secondary N) is 1. The van der Waals surface area contributed by atoms with Crippen LogP contribution in [0, 0.1) is 11.8 Å². The molecule has 62 valence electrons. The SMILES string of the molecule is C[C@H]1NCC2[C@@H](I)C=CC[C@@H]21. The summed E-state index contributed by atoms with van der Waals surface area (Å²) in [5.41, 5.74) is 0. The molecule has 0 radical (unpaired) electrons. The van der Waals surface area contributed by atoms with Gasteiger partial charge in [-0.15, -0.1) is 0 Å². The average Bonchev–Trinajstić information content (AvgIpc) is 2.35. The lowest BCUT2D eigenvalue weighted by Crippen LogP contribution is -2.27. The Hall–Kier alpha value is 0.430. The zero-order valence-electron chi connectivity index (χ0n) is 6.76. The fraction of sp³-hybridized carbons (Fsp3) is 0.778. The number of rotatable bonds is 0. The fourth-order valence-electron chi connectivity index (χ4n) is 2.23. The Balaban J connectivity index is 2.15. The van der Waals surface area contributed by atoms with Crippen molar-refractivity contribution in [1.82, 2.24) is 5.32 Å². The van der Waals surface area contributed by atoms with Gasteiger partial charge in [-0.3, -0.25) is 0 Å². The van der Waals surface area contributed by atoms with Crippen LogP contribution in [0.1, 0.15) is 13.3 Å². The molecule has 0 saturated carbocycles. The third-order valence-corrected chi connectivity index (χ3v) is 4.34. The summed E-state index contributed by atoms with van der Waals surface area (Å²) in [6.07, 6.45) is 6.00. The lowest BCUT2D eigenvalue weighted by Gasteiger charge is -2.26. The Morgan fingerprint density at radius 1 is 1.45 bits per heavy atom. The molecule has 2 heteroatoms. The van der Waals surface area contributed by atoms with E-state index in [0.29, 0.717) is 0 Å². The Morgan fingerprint density at radius 3 is 3.00 bits per heavy atom. The van der Waals surface area contributed by atoms with Crippen molar-refractivity contribution in [3.8, 4) is 0 Å². The highest BCUT2D eigenvalue weighted by Gasteiger charge is 2.37. The van der Waals surface area contributed by atoms with Crippen molar-refractivity contribution in [2.75, 3.05) is 6.54 Å². The molecule has 0 amide bonds. The molecule has 2 rings (SSSR count). The van der Waals surface area contributed by atoms with E-state index in [4.69, 9.17) is 0 Å². The van der Waals surface area contributed by atoms with Gasteiger partial charge in [-0.05, 0) is 31.7 Å². The van der Waals surface area contributed by atoms with Crippen LogP contribution in [0.25, 0.3) is 0 Å². The molecule has 1 fully saturated rings. The molecule has 0 aromatic rings. The van der Waals surface area contributed by atoms with Crippen molar-refractivity contribution >= 4 is 22.6 Å². The summed E-state index contributed by atoms with van der Waals surface area (Å²) < 4.78 is 0.767. The zero-order valence-corrected chi connectivity index (χ0v) is 8.91. The predicted octanol–water partition coefficient (Wildman–Crippen LogP) is 1.97. The van der Waals surface area contributed by atoms with Crippen LogP contribution in [-0.2, 0) is 0 Å². The van der Waals surface area contributed by atoms with Gasteiger partial charge in [-0.25, -0.2) is 0 Å². The standard InChI is InChI=1S/C9H14IN/c1-6-7-3-2-4-9(10)8(7)5-11-6/h2,4,6-9,11H,3,5H2,1H3/t6-,7-,8?,9+/m1/s1. The summed E-state index contributed by atoms with van der Waals surface area (Å²) in [4.78, 5) is 0.